The van der Waals surface area contributed by atoms with Crippen molar-refractivity contribution in [3.63, 3.8) is 0 Å². The fourth-order valence-corrected chi connectivity index (χ4v) is 12.8. The average Bonchev–Trinajstić information content (AvgIpc) is 2.44. The molecule has 0 amide bonds. The molecule has 0 N–H and O–H groups in total. The zero-order valence-electron chi connectivity index (χ0n) is 12.1. The van der Waals surface area contributed by atoms with Gasteiger partial charge in [-0.1, -0.05) is 51.9 Å². The molecule has 0 aliphatic carbocycles. The Kier molecular flexibility index (Phi) is 13.1. The Balaban J connectivity index is 1.98. The molecule has 0 aromatic rings. The molecule has 0 saturated carbocycles. The van der Waals surface area contributed by atoms with Gasteiger partial charge in [-0.3, -0.25) is 0 Å². The van der Waals surface area contributed by atoms with Crippen molar-refractivity contribution in [1.29, 1.82) is 0 Å². The smallest absolute Gasteiger partial charge is 0.303 e. The molecule has 10 heteroatoms. The Morgan fingerprint density at radius 2 is 1.21 bits per heavy atom. The summed E-state index contributed by atoms with van der Waals surface area (Å²) in [7, 11) is -4.66. The van der Waals surface area contributed by atoms with Crippen molar-refractivity contribution < 1.29 is 20.6 Å². The molecule has 19 heavy (non-hydrogen) atoms. The Labute approximate surface area is 128 Å². The lowest BCUT2D eigenvalue weighted by Gasteiger charge is -2.19. The molecule has 1 saturated heterocycles. The third-order valence-corrected chi connectivity index (χ3v) is 12.0. The van der Waals surface area contributed by atoms with Gasteiger partial charge in [0.05, 0.1) is 0 Å². The molecule has 1 heterocycles. The minimum Gasteiger partial charge on any atom is -0.425 e. The van der Waals surface area contributed by atoms with E-state index in [0.29, 0.717) is 0 Å². The van der Waals surface area contributed by atoms with Gasteiger partial charge >= 0.3 is 9.28 Å². The maximum Gasteiger partial charge on any atom is 0.303 e. The maximum absolute atomic E-state index is 5.82. The molecule has 0 aromatic carbocycles. The zero-order valence-corrected chi connectivity index (χ0v) is 18.9. The second kappa shape index (κ2) is 13.8. The van der Waals surface area contributed by atoms with Gasteiger partial charge in [-0.15, -0.1) is 0 Å². The highest BCUT2D eigenvalue weighted by Gasteiger charge is 2.14. The molecule has 114 valence electrons. The van der Waals surface area contributed by atoms with Gasteiger partial charge in [-0.2, -0.15) is 0 Å². The van der Waals surface area contributed by atoms with E-state index >= 15 is 0 Å². The van der Waals surface area contributed by atoms with Gasteiger partial charge in [-0.05, 0) is 6.04 Å². The Morgan fingerprint density at radius 1 is 0.684 bits per heavy atom. The molecule has 0 atom stereocenters. The monoisotopic (exact) mass is 356 g/mol. The fraction of sp³-hybridized carbons (Fsp3) is 1.00. The summed E-state index contributed by atoms with van der Waals surface area (Å²) >= 11 is 0. The van der Waals surface area contributed by atoms with Crippen LogP contribution in [0.15, 0.2) is 0 Å². The summed E-state index contributed by atoms with van der Waals surface area (Å²) in [5, 5.41) is 0. The first-order chi connectivity index (χ1) is 9.43. The molecule has 0 aromatic heterocycles. The first kappa shape index (κ1) is 17.9. The summed E-state index contributed by atoms with van der Waals surface area (Å²) in [6.07, 6.45) is 9.39. The molecular formula is C9H28O5Si5. The normalized spacial score (nSPS) is 27.3. The lowest BCUT2D eigenvalue weighted by molar-refractivity contribution is 0.330. The van der Waals surface area contributed by atoms with Gasteiger partial charge in [0.15, 0.2) is 0 Å². The molecule has 1 fully saturated rings. The van der Waals surface area contributed by atoms with Gasteiger partial charge < -0.3 is 20.6 Å². The Morgan fingerprint density at radius 3 is 1.84 bits per heavy atom. The molecule has 5 nitrogen and oxygen atoms in total. The van der Waals surface area contributed by atoms with E-state index in [-0.39, 0.29) is 0 Å². The van der Waals surface area contributed by atoms with Crippen molar-refractivity contribution in [3.05, 3.63) is 0 Å². The second-order valence-electron chi connectivity index (χ2n) is 4.76. The van der Waals surface area contributed by atoms with Crippen LogP contribution >= 0.6 is 0 Å². The van der Waals surface area contributed by atoms with Crippen LogP contribution in [-0.2, 0) is 20.6 Å². The third-order valence-electron chi connectivity index (χ3n) is 3.05. The van der Waals surface area contributed by atoms with Gasteiger partial charge in [-0.25, -0.2) is 0 Å². The van der Waals surface area contributed by atoms with Crippen LogP contribution in [0.4, 0.5) is 0 Å². The van der Waals surface area contributed by atoms with Crippen LogP contribution in [0.1, 0.15) is 51.9 Å². The highest BCUT2D eigenvalue weighted by molar-refractivity contribution is 6.59. The van der Waals surface area contributed by atoms with E-state index in [1.54, 1.807) is 0 Å². The third kappa shape index (κ3) is 11.2. The van der Waals surface area contributed by atoms with Gasteiger partial charge in [0.25, 0.3) is 40.0 Å². The van der Waals surface area contributed by atoms with E-state index < -0.39 is 49.3 Å². The highest BCUT2D eigenvalue weighted by atomic mass is 28.4. The van der Waals surface area contributed by atoms with Crippen molar-refractivity contribution in [3.8, 4) is 0 Å². The van der Waals surface area contributed by atoms with E-state index in [9.17, 15) is 0 Å². The highest BCUT2D eigenvalue weighted by Crippen LogP contribution is 2.11. The molecule has 1 aliphatic heterocycles. The van der Waals surface area contributed by atoms with E-state index in [0.717, 1.165) is 6.04 Å². The van der Waals surface area contributed by atoms with Gasteiger partial charge in [0, 0.05) is 0 Å². The molecule has 0 radical (unpaired) electrons. The Hall–Kier alpha value is 0.884. The van der Waals surface area contributed by atoms with Crippen LogP contribution in [-0.4, -0.2) is 49.3 Å². The predicted molar refractivity (Wildman–Crippen MR) is 89.5 cm³/mol. The average molecular weight is 357 g/mol. The number of rotatable bonds is 8. The van der Waals surface area contributed by atoms with Crippen molar-refractivity contribution in [1.82, 2.24) is 0 Å². The van der Waals surface area contributed by atoms with Crippen LogP contribution < -0.4 is 0 Å². The SMILES string of the molecule is CCCCCCCCC[SiH]1O[SiH2]O[SiH2]O[SiH2]O[SiH2]O1. The predicted octanol–water partition coefficient (Wildman–Crippen LogP) is -0.951. The second-order valence-corrected chi connectivity index (χ2v) is 14.7. The van der Waals surface area contributed by atoms with Crippen molar-refractivity contribution >= 4 is 49.3 Å². The minimum atomic E-state index is -1.45. The van der Waals surface area contributed by atoms with E-state index in [1.807, 2.05) is 0 Å². The quantitative estimate of drug-likeness (QED) is 0.414. The van der Waals surface area contributed by atoms with Crippen LogP contribution in [0.5, 0.6) is 0 Å². The van der Waals surface area contributed by atoms with Crippen molar-refractivity contribution in [2.75, 3.05) is 0 Å². The lowest BCUT2D eigenvalue weighted by atomic mass is 10.1. The number of unbranched alkanes of at least 4 members (excludes halogenated alkanes) is 6. The Bertz CT molecular complexity index is 192. The fourth-order valence-electron chi connectivity index (χ4n) is 1.95. The van der Waals surface area contributed by atoms with Crippen LogP contribution in [0.2, 0.25) is 6.04 Å². The zero-order chi connectivity index (χ0) is 13.6. The first-order valence-corrected chi connectivity index (χ1v) is 13.8. The summed E-state index contributed by atoms with van der Waals surface area (Å²) in [6, 6.07) is 1.13. The topological polar surface area (TPSA) is 46.2 Å². The largest absolute Gasteiger partial charge is 0.425 e. The van der Waals surface area contributed by atoms with Crippen LogP contribution in [0.25, 0.3) is 0 Å². The summed E-state index contributed by atoms with van der Waals surface area (Å²) in [4.78, 5) is 0. The van der Waals surface area contributed by atoms with Crippen LogP contribution in [0.3, 0.4) is 0 Å². The van der Waals surface area contributed by atoms with Crippen LogP contribution in [0, 0.1) is 0 Å². The number of hydrogen-bond acceptors (Lipinski definition) is 5. The molecule has 0 unspecified atom stereocenters. The molecular weight excluding hydrogens is 329 g/mol. The minimum absolute atomic E-state index is 0.782. The molecule has 0 bridgehead atoms. The van der Waals surface area contributed by atoms with Gasteiger partial charge in [0.2, 0.25) is 0 Å². The maximum atomic E-state index is 5.82. The van der Waals surface area contributed by atoms with E-state index in [4.69, 9.17) is 20.6 Å². The van der Waals surface area contributed by atoms with E-state index in [1.165, 1.54) is 44.9 Å². The molecule has 1 rings (SSSR count). The van der Waals surface area contributed by atoms with Gasteiger partial charge in [0.1, 0.15) is 0 Å². The van der Waals surface area contributed by atoms with Crippen molar-refractivity contribution in [2.45, 2.75) is 57.9 Å². The summed E-state index contributed by atoms with van der Waals surface area (Å²) in [6.45, 7) is 2.26. The molecule has 0 spiro atoms. The lowest BCUT2D eigenvalue weighted by Crippen LogP contribution is -2.32. The van der Waals surface area contributed by atoms with Crippen molar-refractivity contribution in [2.24, 2.45) is 0 Å². The summed E-state index contributed by atoms with van der Waals surface area (Å²) in [5.41, 5.74) is 0. The summed E-state index contributed by atoms with van der Waals surface area (Å²) < 4.78 is 27.9. The van der Waals surface area contributed by atoms with E-state index in [2.05, 4.69) is 6.92 Å². The first-order valence-electron chi connectivity index (χ1n) is 7.40. The summed E-state index contributed by atoms with van der Waals surface area (Å²) in [5.74, 6) is 0. The number of hydrogen-bond donors (Lipinski definition) is 0. The molecule has 1 aliphatic rings. The standard InChI is InChI=1S/C9H28O5Si5/c1-2-3-4-5-6-7-8-9-19-13-17-11-15-10-16-12-18-14-19/h19H,2-9,15-18H2,1H3.